The van der Waals surface area contributed by atoms with Gasteiger partial charge in [-0.2, -0.15) is 0 Å². The standard InChI is InChI=1S/C29H32Cl2FN3O4.C13H15Cl2NO4.C12H11FN2O3.C12H15FN2O3.C10H18O.C8H4FNO2.C4H9NO2.ClH.H2/c1-28(2,3)19-6-9-29(10-7-19)34-25(18-13-20(30)15-21(31)14-18)27(39)35(29)16-17-4-5-22(23(32)12-17)26(38)33-11-8-24(36)37;1-13(2,3)20-12(19)16-10(11(17)18)7-4-8(14)6-9(15)5-7;1-14-8-3-4-9(10(13)7-8)12(17)15-6-5-11(16)18-2;1-18-11(16)4-5-15-12(17)9-3-2-8(7-14)6-10(9)13;1-10(2,3)8-4-6-9(11)7-5-8;1-10-5-2-3-6(8(11)12)7(9)4-5;1-7-4(6)2-3-5;;/h4-5,12-15,19H,6-11,16H2,1-3H3,(H,33,38)(H,36,37);4-6,10H,1-3H3,(H,16,19)(H,17,18);3-4,7H,5-6H2,2H3,(H,15,17);2-3,6H,4-5,7,14H2,1H3,(H,15,17);8H,4-7H2,1-3H3;2-4H,(H,11,12);2-3,5H2,1H3;2*1H. The molecule has 0 aromatic heterocycles. The van der Waals surface area contributed by atoms with E-state index in [1.165, 1.54) is 82.0 Å². The third kappa shape index (κ3) is 38.3. The smallest absolute Gasteiger partial charge is 0.408 e. The lowest BCUT2D eigenvalue weighted by molar-refractivity contribution is -0.141. The molecule has 0 saturated heterocycles. The van der Waals surface area contributed by atoms with E-state index >= 15 is 0 Å². The van der Waals surface area contributed by atoms with Crippen LogP contribution in [0.5, 0.6) is 0 Å². The maximum Gasteiger partial charge on any atom is 0.408 e. The Morgan fingerprint density at radius 2 is 0.944 bits per heavy atom. The molecule has 0 bridgehead atoms. The molecule has 6 aromatic rings. The molecule has 6 aromatic carbocycles. The lowest BCUT2D eigenvalue weighted by Gasteiger charge is -2.44. The number of ether oxygens (including phenoxy) is 4. The number of aliphatic carboxylic acids is 2. The second kappa shape index (κ2) is 53.2. The topological polar surface area (TPSA) is 427 Å². The molecule has 1 heterocycles. The Labute approximate surface area is 756 Å². The molecular weight excluding hydrogens is 1750 g/mol. The number of benzene rings is 6. The zero-order valence-corrected chi connectivity index (χ0v) is 75.4. The van der Waals surface area contributed by atoms with Gasteiger partial charge in [-0.3, -0.25) is 48.1 Å². The van der Waals surface area contributed by atoms with Gasteiger partial charge in [0.2, 0.25) is 0 Å². The second-order valence-corrected chi connectivity index (χ2v) is 33.0. The van der Waals surface area contributed by atoms with Crippen LogP contribution >= 0.6 is 58.8 Å². The first-order valence-corrected chi connectivity index (χ1v) is 40.4. The lowest BCUT2D eigenvalue weighted by Crippen LogP contribution is -2.49. The SMILES string of the molecule is CC(C)(C)C1CCC(=O)CC1.CC(C)(C)C1CCC2(CC1)N=C(c1cc(Cl)cc(Cl)c1)C(=O)N2Cc1ccc(C(=O)NCCC(=O)O)c(F)c1.CC(C)(C)OC(=O)NC(C(=O)O)c1cc(Cl)cc(Cl)c1.COC(=O)CCN.COC(=O)CCNC(=O)c1ccc(CN)cc1F.Cl.[C-]#[N+]c1ccc(C(=O)NCCC(=O)OC)c(F)c1.[C-]#[N+]c1ccc(C(=O)O)c(F)c1.[HH]. The van der Waals surface area contributed by atoms with Crippen LogP contribution in [0.15, 0.2) is 114 Å². The first-order chi connectivity index (χ1) is 58.5. The predicted octanol–water partition coefficient (Wildman–Crippen LogP) is 17.0. The van der Waals surface area contributed by atoms with Gasteiger partial charge in [-0.1, -0.05) is 124 Å². The highest BCUT2D eigenvalue weighted by Gasteiger charge is 2.50. The van der Waals surface area contributed by atoms with Crippen LogP contribution in [0.1, 0.15) is 211 Å². The molecule has 38 heteroatoms. The second-order valence-electron chi connectivity index (χ2n) is 31.3. The third-order valence-corrected chi connectivity index (χ3v) is 19.8. The Kier molecular flexibility index (Phi) is 46.8. The molecule has 11 N–H and O–H groups in total. The fourth-order valence-corrected chi connectivity index (χ4v) is 13.3. The van der Waals surface area contributed by atoms with Crippen molar-refractivity contribution in [3.8, 4) is 0 Å². The fourth-order valence-electron chi connectivity index (χ4n) is 12.3. The number of esters is 3. The molecule has 3 aliphatic rings. The van der Waals surface area contributed by atoms with Crippen molar-refractivity contribution in [2.45, 2.75) is 170 Å². The summed E-state index contributed by atoms with van der Waals surface area (Å²) in [6, 6.07) is 23.1. The van der Waals surface area contributed by atoms with E-state index in [9.17, 15) is 80.2 Å². The van der Waals surface area contributed by atoms with E-state index in [0.29, 0.717) is 69.7 Å². The van der Waals surface area contributed by atoms with Crippen molar-refractivity contribution in [1.29, 1.82) is 0 Å². The number of methoxy groups -OCH3 is 3. The van der Waals surface area contributed by atoms with Crippen LogP contribution in [-0.2, 0) is 65.6 Å². The monoisotopic (exact) mass is 1860 g/mol. The van der Waals surface area contributed by atoms with E-state index in [4.69, 9.17) is 91.0 Å². The van der Waals surface area contributed by atoms with Gasteiger partial charge in [-0.15, -0.1) is 12.4 Å². The number of hydrogen-bond acceptors (Lipinski definition) is 19. The minimum absolute atomic E-state index is 0. The number of carbonyl (C=O) groups excluding carboxylic acids is 9. The molecule has 2 saturated carbocycles. The molecule has 29 nitrogen and oxygen atoms in total. The molecule has 126 heavy (non-hydrogen) atoms. The summed E-state index contributed by atoms with van der Waals surface area (Å²) in [7, 11) is 3.85. The van der Waals surface area contributed by atoms with Crippen LogP contribution in [0.2, 0.25) is 20.1 Å². The quantitative estimate of drug-likeness (QED) is 0.0132. The Bertz CT molecular complexity index is 4900. The number of Topliss-reactive ketones (excluding diaryl/α,β-unsaturated/α-hetero) is 1. The summed E-state index contributed by atoms with van der Waals surface area (Å²) < 4.78 is 72.8. The molecule has 2 aliphatic carbocycles. The fraction of sp³-hybridized carbons (Fsp3) is 0.420. The normalized spacial score (nSPS) is 14.6. The van der Waals surface area contributed by atoms with Gasteiger partial charge in [-0.05, 0) is 171 Å². The Morgan fingerprint density at radius 1 is 0.556 bits per heavy atom. The maximum absolute atomic E-state index is 15.0. The molecule has 1 spiro atoms. The van der Waals surface area contributed by atoms with Gasteiger partial charge in [-0.25, -0.2) is 41.6 Å². The maximum atomic E-state index is 15.0. The van der Waals surface area contributed by atoms with Gasteiger partial charge in [0.1, 0.15) is 46.0 Å². The van der Waals surface area contributed by atoms with Crippen LogP contribution in [0.3, 0.4) is 0 Å². The lowest BCUT2D eigenvalue weighted by atomic mass is 9.69. The average Bonchev–Trinajstić information content (AvgIpc) is 1.59. The van der Waals surface area contributed by atoms with E-state index < -0.39 is 99.8 Å². The predicted molar refractivity (Wildman–Crippen MR) is 471 cm³/mol. The van der Waals surface area contributed by atoms with E-state index in [-0.39, 0.29) is 132 Å². The molecule has 1 unspecified atom stereocenters. The molecule has 5 amide bonds. The summed E-state index contributed by atoms with van der Waals surface area (Å²) in [4.78, 5) is 149. The number of halogens is 9. The summed E-state index contributed by atoms with van der Waals surface area (Å²) in [5.74, 6) is -8.27. The Balaban J connectivity index is 0.000000790. The summed E-state index contributed by atoms with van der Waals surface area (Å²) in [6.45, 7) is 32.5. The van der Waals surface area contributed by atoms with Crippen molar-refractivity contribution in [2.24, 2.45) is 39.1 Å². The number of rotatable bonds is 22. The van der Waals surface area contributed by atoms with Crippen molar-refractivity contribution >= 4 is 147 Å². The number of aromatic carboxylic acids is 1. The number of nitrogens with zero attached hydrogens (tertiary/aromatic N) is 4. The van der Waals surface area contributed by atoms with E-state index in [1.807, 2.05) is 0 Å². The number of nitrogens with one attached hydrogen (secondary N) is 4. The number of carboxylic acids is 3. The van der Waals surface area contributed by atoms with Gasteiger partial charge < -0.3 is 71.9 Å². The number of aliphatic imine (C=N–C) groups is 1. The van der Waals surface area contributed by atoms with Gasteiger partial charge in [0.25, 0.3) is 23.6 Å². The largest absolute Gasteiger partial charge is 0.481 e. The summed E-state index contributed by atoms with van der Waals surface area (Å²) in [6.07, 6.45) is 6.28. The number of ketones is 1. The van der Waals surface area contributed by atoms with E-state index in [2.05, 4.69) is 86.7 Å². The number of carboxylic acid groups (broad SMARTS) is 3. The minimum atomic E-state index is -1.33. The van der Waals surface area contributed by atoms with Crippen LogP contribution in [-0.4, -0.2) is 156 Å². The Hall–Kier alpha value is -11.3. The number of nitrogens with two attached hydrogens (primary N) is 2. The number of alkyl carbamates (subject to hydrolysis) is 1. The summed E-state index contributed by atoms with van der Waals surface area (Å²) >= 11 is 24.1. The molecule has 1 aliphatic heterocycles. The molecule has 0 radical (unpaired) electrons. The summed E-state index contributed by atoms with van der Waals surface area (Å²) in [5, 5.41) is 37.2. The summed E-state index contributed by atoms with van der Waals surface area (Å²) in [5.41, 5.74) is 11.0. The van der Waals surface area contributed by atoms with Gasteiger partial charge >= 0.3 is 41.9 Å². The molecule has 2 fully saturated rings. The van der Waals surface area contributed by atoms with Crippen LogP contribution in [0, 0.1) is 59.1 Å². The zero-order valence-electron chi connectivity index (χ0n) is 71.6. The first kappa shape index (κ1) is 111. The van der Waals surface area contributed by atoms with Crippen molar-refractivity contribution in [3.63, 3.8) is 0 Å². The Morgan fingerprint density at radius 3 is 1.31 bits per heavy atom. The van der Waals surface area contributed by atoms with Gasteiger partial charge in [0, 0.05) is 79.2 Å². The number of hydrogen-bond donors (Lipinski definition) is 9. The van der Waals surface area contributed by atoms with Gasteiger partial charge in [0.05, 0.1) is 82.4 Å². The van der Waals surface area contributed by atoms with Crippen LogP contribution in [0.25, 0.3) is 9.69 Å². The third-order valence-electron chi connectivity index (χ3n) is 19.0. The molecule has 686 valence electrons. The highest BCUT2D eigenvalue weighted by Crippen LogP contribution is 2.48. The van der Waals surface area contributed by atoms with Crippen molar-refractivity contribution in [1.82, 2.24) is 26.2 Å². The highest BCUT2D eigenvalue weighted by molar-refractivity contribution is 6.48. The van der Waals surface area contributed by atoms with Crippen LogP contribution < -0.4 is 32.7 Å². The highest BCUT2D eigenvalue weighted by atomic mass is 35.5. The minimum Gasteiger partial charge on any atom is -0.481 e. The van der Waals surface area contributed by atoms with E-state index in [0.717, 1.165) is 62.6 Å². The molecule has 9 rings (SSSR count). The van der Waals surface area contributed by atoms with Crippen molar-refractivity contribution < 1.29 is 111 Å². The average molecular weight is 1860 g/mol. The zero-order chi connectivity index (χ0) is 94.4. The van der Waals surface area contributed by atoms with Crippen molar-refractivity contribution in [2.75, 3.05) is 47.5 Å². The first-order valence-electron chi connectivity index (χ1n) is 38.9. The van der Waals surface area contributed by atoms with E-state index in [1.54, 1.807) is 56.0 Å². The number of amides is 5. The molecule has 1 atom stereocenters. The number of carbonyl (C=O) groups is 12. The van der Waals surface area contributed by atoms with Crippen molar-refractivity contribution in [3.05, 3.63) is 220 Å². The van der Waals surface area contributed by atoms with Crippen LogP contribution in [0.4, 0.5) is 33.7 Å². The molecular formula is C88H107Cl5F4N10O19. The van der Waals surface area contributed by atoms with Gasteiger partial charge in [0.15, 0.2) is 17.4 Å².